The first-order valence-electron chi connectivity index (χ1n) is 27.7. The highest BCUT2D eigenvalue weighted by Crippen LogP contribution is 2.22. The Balaban J connectivity index is 1.52. The molecule has 0 aromatic heterocycles. The Hall–Kier alpha value is -8.32. The SMILES string of the molecule is CC(C)C[C@@H]1NC(=O)[C@H](CCCN=C(N)N)NC(=O)[C@H](C)NC(=O)[C@@H]2CCCN2C(=O)[C@@H](Cc2ccccc2)NC(=O)[C@H](C)NC(=O)[C@H](CCCN=C(N)N)NC(=O)[C@H](C)NC(=O)[C@@H]2CCCN2C(=O)[C@@H](Cc2ccccc2)NC1=O. The van der Waals surface area contributed by atoms with Crippen LogP contribution in [0.25, 0.3) is 0 Å². The number of carbonyl (C=O) groups excluding carboxylic acids is 10. The van der Waals surface area contributed by atoms with Crippen molar-refractivity contribution in [3.05, 3.63) is 71.8 Å². The summed E-state index contributed by atoms with van der Waals surface area (Å²) in [5, 5.41) is 21.8. The van der Waals surface area contributed by atoms with Gasteiger partial charge in [-0.15, -0.1) is 0 Å². The van der Waals surface area contributed by atoms with E-state index in [-0.39, 0.29) is 102 Å². The Morgan fingerprint density at radius 1 is 0.469 bits per heavy atom. The molecule has 2 aromatic rings. The molecule has 0 spiro atoms. The van der Waals surface area contributed by atoms with E-state index in [9.17, 15) is 47.9 Å². The Morgan fingerprint density at radius 2 is 0.802 bits per heavy atom. The molecule has 3 aliphatic rings. The fourth-order valence-electron chi connectivity index (χ4n) is 9.92. The molecule has 0 radical (unpaired) electrons. The molecular weight excluding hydrogens is 1040 g/mol. The number of aliphatic imine (C=N–C) groups is 2. The minimum absolute atomic E-state index is 0.00154. The van der Waals surface area contributed by atoms with E-state index in [1.165, 1.54) is 30.6 Å². The first-order valence-corrected chi connectivity index (χ1v) is 27.7. The monoisotopic (exact) mass is 1130 g/mol. The van der Waals surface area contributed by atoms with Crippen molar-refractivity contribution in [3.8, 4) is 0 Å². The zero-order valence-electron chi connectivity index (χ0n) is 46.9. The zero-order valence-corrected chi connectivity index (χ0v) is 46.9. The van der Waals surface area contributed by atoms with E-state index in [4.69, 9.17) is 22.9 Å². The summed E-state index contributed by atoms with van der Waals surface area (Å²) in [5.74, 6) is -7.62. The van der Waals surface area contributed by atoms with Crippen LogP contribution < -0.4 is 65.5 Å². The van der Waals surface area contributed by atoms with Crippen LogP contribution in [-0.2, 0) is 60.8 Å². The maximum absolute atomic E-state index is 14.8. The lowest BCUT2D eigenvalue weighted by atomic mass is 10.00. The van der Waals surface area contributed by atoms with Gasteiger partial charge in [-0.1, -0.05) is 74.5 Å². The lowest BCUT2D eigenvalue weighted by Gasteiger charge is -2.31. The van der Waals surface area contributed by atoms with Gasteiger partial charge in [-0.05, 0) is 95.6 Å². The van der Waals surface area contributed by atoms with Gasteiger partial charge in [0, 0.05) is 39.0 Å². The van der Waals surface area contributed by atoms with Gasteiger partial charge in [0.25, 0.3) is 0 Å². The number of nitrogens with two attached hydrogens (primary N) is 4. The fraction of sp³-hybridized carbons (Fsp3) is 0.564. The first kappa shape index (κ1) is 63.5. The van der Waals surface area contributed by atoms with Gasteiger partial charge in [0.05, 0.1) is 0 Å². The largest absolute Gasteiger partial charge is 0.370 e. The van der Waals surface area contributed by atoms with E-state index >= 15 is 0 Å². The molecule has 3 heterocycles. The van der Waals surface area contributed by atoms with Crippen LogP contribution in [0.15, 0.2) is 70.6 Å². The number of hydrogen-bond acceptors (Lipinski definition) is 12. The van der Waals surface area contributed by atoms with Crippen LogP contribution in [0, 0.1) is 5.92 Å². The van der Waals surface area contributed by atoms with Gasteiger partial charge in [0.1, 0.15) is 60.4 Å². The minimum Gasteiger partial charge on any atom is -0.370 e. The zero-order chi connectivity index (χ0) is 59.3. The van der Waals surface area contributed by atoms with Crippen molar-refractivity contribution in [1.29, 1.82) is 0 Å². The van der Waals surface area contributed by atoms with Gasteiger partial charge in [-0.25, -0.2) is 0 Å². The highest BCUT2D eigenvalue weighted by Gasteiger charge is 2.42. The predicted octanol–water partition coefficient (Wildman–Crippen LogP) is -2.44. The average Bonchev–Trinajstić information content (AvgIpc) is 4.22. The lowest BCUT2D eigenvalue weighted by Crippen LogP contribution is -2.61. The van der Waals surface area contributed by atoms with E-state index in [0.717, 1.165) is 0 Å². The molecular formula is C55H82N16O10. The number of hydrogen-bond donors (Lipinski definition) is 12. The van der Waals surface area contributed by atoms with Crippen LogP contribution in [0.3, 0.4) is 0 Å². The number of carbonyl (C=O) groups is 10. The van der Waals surface area contributed by atoms with Gasteiger partial charge < -0.3 is 75.3 Å². The third-order valence-corrected chi connectivity index (χ3v) is 14.2. The molecule has 0 unspecified atom stereocenters. The topological polar surface area (TPSA) is 402 Å². The molecule has 10 amide bonds. The normalized spacial score (nSPS) is 26.3. The van der Waals surface area contributed by atoms with Crippen molar-refractivity contribution in [1.82, 2.24) is 52.3 Å². The standard InChI is InChI=1S/C55H82N16O10/c1-31(2)28-39-49(77)69-41(30-36-18-10-7-11-19-36)53(81)71-27-15-23-43(71)51(79)63-33(4)44(72)65-37(20-12-24-60-54(56)57)47(75)62-32(3)46(74)68-40(29-35-16-8-6-9-17-35)52(80)70-26-14-22-42(70)50(78)64-34(5)45(73)66-38(48(76)67-39)21-13-25-61-55(58)59/h6-11,16-19,31-34,37-43H,12-15,20-30H2,1-5H3,(H,62,75)(H,63,79)(H,64,78)(H,65,72)(H,66,73)(H,67,76)(H,68,74)(H,69,77)(H4,56,57,60)(H4,58,59,61)/t32-,33-,34-,37-,38-,39-,40+,41+,42-,43-/m0/s1. The molecule has 0 aliphatic carbocycles. The maximum Gasteiger partial charge on any atom is 0.246 e. The van der Waals surface area contributed by atoms with Crippen molar-refractivity contribution < 1.29 is 47.9 Å². The minimum atomic E-state index is -1.29. The molecule has 442 valence electrons. The van der Waals surface area contributed by atoms with E-state index in [2.05, 4.69) is 52.5 Å². The van der Waals surface area contributed by atoms with Crippen molar-refractivity contribution in [2.75, 3.05) is 26.2 Å². The third-order valence-electron chi connectivity index (χ3n) is 14.2. The van der Waals surface area contributed by atoms with Gasteiger partial charge in [0.15, 0.2) is 11.9 Å². The third kappa shape index (κ3) is 19.5. The number of nitrogens with zero attached hydrogens (tertiary/aromatic N) is 4. The number of benzene rings is 2. The van der Waals surface area contributed by atoms with Crippen molar-refractivity contribution in [3.63, 3.8) is 0 Å². The second-order valence-corrected chi connectivity index (χ2v) is 21.3. The summed E-state index contributed by atoms with van der Waals surface area (Å²) in [6, 6.07) is 5.48. The smallest absolute Gasteiger partial charge is 0.246 e. The second-order valence-electron chi connectivity index (χ2n) is 21.3. The van der Waals surface area contributed by atoms with E-state index in [1.807, 2.05) is 13.8 Å². The molecule has 3 saturated heterocycles. The fourth-order valence-corrected chi connectivity index (χ4v) is 9.92. The summed E-state index contributed by atoms with van der Waals surface area (Å²) in [5.41, 5.74) is 23.5. The summed E-state index contributed by atoms with van der Waals surface area (Å²) in [7, 11) is 0. The van der Waals surface area contributed by atoms with Crippen LogP contribution in [0.5, 0.6) is 0 Å². The van der Waals surface area contributed by atoms with Gasteiger partial charge >= 0.3 is 0 Å². The van der Waals surface area contributed by atoms with Gasteiger partial charge in [-0.2, -0.15) is 0 Å². The number of nitrogens with one attached hydrogen (secondary N) is 8. The molecule has 10 atom stereocenters. The summed E-state index contributed by atoms with van der Waals surface area (Å²) in [4.78, 5) is 153. The Labute approximate surface area is 472 Å². The average molecular weight is 1130 g/mol. The van der Waals surface area contributed by atoms with E-state index < -0.39 is 119 Å². The molecule has 81 heavy (non-hydrogen) atoms. The number of amides is 10. The van der Waals surface area contributed by atoms with Crippen molar-refractivity contribution in [2.24, 2.45) is 38.8 Å². The molecule has 16 N–H and O–H groups in total. The van der Waals surface area contributed by atoms with Crippen LogP contribution in [0.4, 0.5) is 0 Å². The molecule has 2 aromatic carbocycles. The summed E-state index contributed by atoms with van der Waals surface area (Å²) < 4.78 is 0. The number of fused-ring (bicyclic) bond motifs is 2. The van der Waals surface area contributed by atoms with Crippen LogP contribution in [-0.4, -0.2) is 167 Å². The Bertz CT molecular complexity index is 2600. The van der Waals surface area contributed by atoms with Gasteiger partial charge in [-0.3, -0.25) is 57.9 Å². The number of rotatable bonds is 14. The van der Waals surface area contributed by atoms with Crippen molar-refractivity contribution >= 4 is 71.0 Å². The Morgan fingerprint density at radius 3 is 1.19 bits per heavy atom. The van der Waals surface area contributed by atoms with E-state index in [1.54, 1.807) is 60.7 Å². The highest BCUT2D eigenvalue weighted by atomic mass is 16.2. The maximum atomic E-state index is 14.8. The summed E-state index contributed by atoms with van der Waals surface area (Å²) in [6.45, 7) is 8.33. The lowest BCUT2D eigenvalue weighted by molar-refractivity contribution is -0.143. The highest BCUT2D eigenvalue weighted by molar-refractivity contribution is 6.00. The summed E-state index contributed by atoms with van der Waals surface area (Å²) >= 11 is 0. The molecule has 26 heteroatoms. The van der Waals surface area contributed by atoms with Crippen LogP contribution >= 0.6 is 0 Å². The van der Waals surface area contributed by atoms with Crippen LogP contribution in [0.1, 0.15) is 104 Å². The molecule has 5 rings (SSSR count). The predicted molar refractivity (Wildman–Crippen MR) is 302 cm³/mol. The van der Waals surface area contributed by atoms with E-state index in [0.29, 0.717) is 24.0 Å². The quantitative estimate of drug-likeness (QED) is 0.0532. The van der Waals surface area contributed by atoms with Crippen molar-refractivity contribution in [2.45, 2.75) is 166 Å². The Kier molecular flexibility index (Phi) is 24.2. The molecule has 26 nitrogen and oxygen atoms in total. The second kappa shape index (κ2) is 30.9. The molecule has 3 fully saturated rings. The molecule has 3 aliphatic heterocycles. The van der Waals surface area contributed by atoms with Crippen LogP contribution in [0.2, 0.25) is 0 Å². The molecule has 0 saturated carbocycles. The first-order chi connectivity index (χ1) is 38.5. The number of guanidine groups is 2. The molecule has 0 bridgehead atoms. The summed E-state index contributed by atoms with van der Waals surface area (Å²) in [6.07, 6.45) is 1.72. The van der Waals surface area contributed by atoms with Gasteiger partial charge in [0.2, 0.25) is 59.1 Å².